The smallest absolute Gasteiger partial charge is 0.410 e. The van der Waals surface area contributed by atoms with Crippen molar-refractivity contribution in [1.82, 2.24) is 20.0 Å². The van der Waals surface area contributed by atoms with E-state index in [0.717, 1.165) is 39.1 Å². The lowest BCUT2D eigenvalue weighted by Crippen LogP contribution is -2.45. The molecule has 0 unspecified atom stereocenters. The van der Waals surface area contributed by atoms with E-state index >= 15 is 0 Å². The van der Waals surface area contributed by atoms with Crippen molar-refractivity contribution >= 4 is 6.09 Å². The molecule has 0 radical (unpaired) electrons. The Morgan fingerprint density at radius 3 is 1.87 bits per heavy atom. The zero-order chi connectivity index (χ0) is 27.3. The van der Waals surface area contributed by atoms with E-state index in [1.807, 2.05) is 25.7 Å². The van der Waals surface area contributed by atoms with Crippen LogP contribution in [0.2, 0.25) is 0 Å². The Hall–Kier alpha value is -2.41. The van der Waals surface area contributed by atoms with Crippen molar-refractivity contribution in [2.45, 2.75) is 89.1 Å². The molecule has 2 spiro atoms. The number of nitrogens with one attached hydrogen (secondary N) is 1. The van der Waals surface area contributed by atoms with E-state index in [0.29, 0.717) is 5.54 Å². The van der Waals surface area contributed by atoms with Crippen LogP contribution in [0.15, 0.2) is 60.7 Å². The molecule has 1 N–H and O–H groups in total. The van der Waals surface area contributed by atoms with Gasteiger partial charge in [0.25, 0.3) is 0 Å². The standard InChI is InChI=1S/C19H28N2O2.C14H20N2/c1-18(2,3)23-17(22)20-12-7-13-21(19(15-20)10-11-19)14-16-8-5-4-6-9-16;1-2-5-13(6-3-1)11-16-10-4-9-15-12-14(16)7-8-14/h4-6,8-9H,7,10-15H2,1-3H3;1-3,5-6,15H,4,7-12H2. The van der Waals surface area contributed by atoms with Gasteiger partial charge in [-0.25, -0.2) is 4.79 Å². The molecule has 2 aliphatic heterocycles. The maximum Gasteiger partial charge on any atom is 0.410 e. The summed E-state index contributed by atoms with van der Waals surface area (Å²) in [6.07, 6.45) is 7.26. The lowest BCUT2D eigenvalue weighted by molar-refractivity contribution is 0.0217. The second kappa shape index (κ2) is 12.0. The Balaban J connectivity index is 0.000000168. The van der Waals surface area contributed by atoms with E-state index in [2.05, 4.69) is 75.8 Å². The molecule has 6 rings (SSSR count). The Morgan fingerprint density at radius 2 is 1.33 bits per heavy atom. The van der Waals surface area contributed by atoms with Crippen LogP contribution in [0.1, 0.15) is 70.4 Å². The molecular weight excluding hydrogens is 484 g/mol. The molecule has 2 saturated heterocycles. The van der Waals surface area contributed by atoms with Gasteiger partial charge in [-0.3, -0.25) is 9.80 Å². The summed E-state index contributed by atoms with van der Waals surface area (Å²) >= 11 is 0. The highest BCUT2D eigenvalue weighted by atomic mass is 16.6. The maximum absolute atomic E-state index is 12.4. The molecular formula is C33H48N4O2. The molecule has 2 heterocycles. The fraction of sp³-hybridized carbons (Fsp3) is 0.606. The minimum atomic E-state index is -0.427. The first-order valence-electron chi connectivity index (χ1n) is 15.0. The van der Waals surface area contributed by atoms with E-state index in [-0.39, 0.29) is 11.6 Å². The number of hydrogen-bond acceptors (Lipinski definition) is 5. The average molecular weight is 533 g/mol. The lowest BCUT2D eigenvalue weighted by atomic mass is 10.1. The third-order valence-electron chi connectivity index (χ3n) is 8.66. The molecule has 4 aliphatic rings. The molecule has 2 aromatic rings. The quantitative estimate of drug-likeness (QED) is 0.549. The van der Waals surface area contributed by atoms with Crippen molar-refractivity contribution in [3.8, 4) is 0 Å². The summed E-state index contributed by atoms with van der Waals surface area (Å²) in [4.78, 5) is 19.6. The fourth-order valence-corrected chi connectivity index (χ4v) is 6.13. The number of nitrogens with zero attached hydrogens (tertiary/aromatic N) is 3. The minimum Gasteiger partial charge on any atom is -0.444 e. The molecule has 0 aromatic heterocycles. The number of benzene rings is 2. The molecule has 2 aliphatic carbocycles. The van der Waals surface area contributed by atoms with Crippen molar-refractivity contribution in [1.29, 1.82) is 0 Å². The van der Waals surface area contributed by atoms with Crippen molar-refractivity contribution in [2.75, 3.05) is 39.3 Å². The molecule has 0 atom stereocenters. The summed E-state index contributed by atoms with van der Waals surface area (Å²) in [6, 6.07) is 21.5. The lowest BCUT2D eigenvalue weighted by Gasteiger charge is -2.33. The van der Waals surface area contributed by atoms with Gasteiger partial charge in [0.05, 0.1) is 0 Å². The van der Waals surface area contributed by atoms with Gasteiger partial charge in [-0.2, -0.15) is 0 Å². The van der Waals surface area contributed by atoms with Crippen LogP contribution in [-0.2, 0) is 17.8 Å². The third-order valence-corrected chi connectivity index (χ3v) is 8.66. The van der Waals surface area contributed by atoms with Gasteiger partial charge < -0.3 is 15.0 Å². The second-order valence-electron chi connectivity index (χ2n) is 13.0. The maximum atomic E-state index is 12.4. The molecule has 212 valence electrons. The number of amides is 1. The van der Waals surface area contributed by atoms with Crippen LogP contribution >= 0.6 is 0 Å². The van der Waals surface area contributed by atoms with Gasteiger partial charge in [0.1, 0.15) is 5.60 Å². The van der Waals surface area contributed by atoms with Crippen LogP contribution in [-0.4, -0.2) is 76.7 Å². The van der Waals surface area contributed by atoms with Crippen molar-refractivity contribution < 1.29 is 9.53 Å². The molecule has 39 heavy (non-hydrogen) atoms. The second-order valence-corrected chi connectivity index (χ2v) is 13.0. The van der Waals surface area contributed by atoms with Crippen molar-refractivity contribution in [2.24, 2.45) is 0 Å². The molecule has 4 fully saturated rings. The van der Waals surface area contributed by atoms with Gasteiger partial charge in [0, 0.05) is 56.9 Å². The van der Waals surface area contributed by atoms with Gasteiger partial charge in [-0.1, -0.05) is 60.7 Å². The first-order chi connectivity index (χ1) is 18.8. The molecule has 2 saturated carbocycles. The van der Waals surface area contributed by atoms with Crippen LogP contribution in [0, 0.1) is 0 Å². The van der Waals surface area contributed by atoms with Gasteiger partial charge in [0.15, 0.2) is 0 Å². The van der Waals surface area contributed by atoms with Crippen molar-refractivity contribution in [3.05, 3.63) is 71.8 Å². The van der Waals surface area contributed by atoms with Gasteiger partial charge in [0.2, 0.25) is 0 Å². The van der Waals surface area contributed by atoms with Crippen LogP contribution in [0.25, 0.3) is 0 Å². The molecule has 6 nitrogen and oxygen atoms in total. The van der Waals surface area contributed by atoms with E-state index < -0.39 is 5.60 Å². The summed E-state index contributed by atoms with van der Waals surface area (Å²) < 4.78 is 5.58. The minimum absolute atomic E-state index is 0.162. The van der Waals surface area contributed by atoms with E-state index in [9.17, 15) is 4.79 Å². The summed E-state index contributed by atoms with van der Waals surface area (Å²) in [5, 5.41) is 3.57. The van der Waals surface area contributed by atoms with E-state index in [1.54, 1.807) is 0 Å². The Morgan fingerprint density at radius 1 is 0.795 bits per heavy atom. The SMILES string of the molecule is CC(C)(C)OC(=O)N1CCCN(Cc2ccccc2)C2(CC2)C1.c1ccc(CN2CCCNCC23CC3)cc1. The summed E-state index contributed by atoms with van der Waals surface area (Å²) in [7, 11) is 0. The highest BCUT2D eigenvalue weighted by molar-refractivity contribution is 5.68. The number of ether oxygens (including phenoxy) is 1. The predicted molar refractivity (Wildman–Crippen MR) is 158 cm³/mol. The van der Waals surface area contributed by atoms with Crippen LogP contribution in [0.4, 0.5) is 4.79 Å². The van der Waals surface area contributed by atoms with Gasteiger partial charge in [-0.05, 0) is 77.0 Å². The normalized spacial score (nSPS) is 22.4. The van der Waals surface area contributed by atoms with Gasteiger partial charge >= 0.3 is 6.09 Å². The zero-order valence-corrected chi connectivity index (χ0v) is 24.3. The summed E-state index contributed by atoms with van der Waals surface area (Å²) in [6.45, 7) is 14.2. The summed E-state index contributed by atoms with van der Waals surface area (Å²) in [5.41, 5.74) is 3.06. The number of carbonyl (C=O) groups excluding carboxylic acids is 1. The predicted octanol–water partition coefficient (Wildman–Crippen LogP) is 5.68. The highest BCUT2D eigenvalue weighted by Crippen LogP contribution is 2.45. The topological polar surface area (TPSA) is 48.1 Å². The largest absolute Gasteiger partial charge is 0.444 e. The van der Waals surface area contributed by atoms with Crippen LogP contribution < -0.4 is 5.32 Å². The van der Waals surface area contributed by atoms with Crippen LogP contribution in [0.3, 0.4) is 0 Å². The third kappa shape index (κ3) is 7.62. The molecule has 1 amide bonds. The van der Waals surface area contributed by atoms with E-state index in [4.69, 9.17) is 4.74 Å². The molecule has 6 heteroatoms. The zero-order valence-electron chi connectivity index (χ0n) is 24.3. The summed E-state index contributed by atoms with van der Waals surface area (Å²) in [5.74, 6) is 0. The van der Waals surface area contributed by atoms with Gasteiger partial charge in [-0.15, -0.1) is 0 Å². The van der Waals surface area contributed by atoms with Crippen LogP contribution in [0.5, 0.6) is 0 Å². The monoisotopic (exact) mass is 532 g/mol. The number of rotatable bonds is 4. The van der Waals surface area contributed by atoms with Crippen molar-refractivity contribution in [3.63, 3.8) is 0 Å². The number of hydrogen-bond donors (Lipinski definition) is 1. The number of carbonyl (C=O) groups is 1. The first kappa shape index (κ1) is 28.1. The Labute approximate surface area is 235 Å². The average Bonchev–Trinajstić information content (AvgIpc) is 3.83. The Kier molecular flexibility index (Phi) is 8.65. The first-order valence-corrected chi connectivity index (χ1v) is 15.0. The highest BCUT2D eigenvalue weighted by Gasteiger charge is 2.51. The fourth-order valence-electron chi connectivity index (χ4n) is 6.13. The van der Waals surface area contributed by atoms with E-state index in [1.165, 1.54) is 62.9 Å². The Bertz CT molecular complexity index is 1060. The molecule has 0 bridgehead atoms. The molecule has 2 aromatic carbocycles.